The van der Waals surface area contributed by atoms with Crippen LogP contribution < -0.4 is 10.1 Å². The van der Waals surface area contributed by atoms with Crippen LogP contribution in [0.25, 0.3) is 6.08 Å². The van der Waals surface area contributed by atoms with Crippen LogP contribution in [-0.2, 0) is 11.3 Å². The van der Waals surface area contributed by atoms with Crippen molar-refractivity contribution < 1.29 is 9.53 Å². The van der Waals surface area contributed by atoms with Crippen molar-refractivity contribution >= 4 is 12.0 Å². The monoisotopic (exact) mass is 379 g/mol. The summed E-state index contributed by atoms with van der Waals surface area (Å²) in [5.74, 6) is 0.879. The highest BCUT2D eigenvalue weighted by Crippen LogP contribution is 2.12. The van der Waals surface area contributed by atoms with Crippen molar-refractivity contribution in [3.05, 3.63) is 71.8 Å². The highest BCUT2D eigenvalue weighted by atomic mass is 16.5. The quantitative estimate of drug-likeness (QED) is 0.766. The number of methoxy groups -OCH3 is 1. The number of ether oxygens (including phenoxy) is 1. The van der Waals surface area contributed by atoms with Gasteiger partial charge in [0.1, 0.15) is 5.75 Å². The van der Waals surface area contributed by atoms with Crippen molar-refractivity contribution in [2.45, 2.75) is 6.54 Å². The maximum Gasteiger partial charge on any atom is 0.234 e. The van der Waals surface area contributed by atoms with Gasteiger partial charge in [-0.1, -0.05) is 54.6 Å². The van der Waals surface area contributed by atoms with Gasteiger partial charge in [0, 0.05) is 39.3 Å². The lowest BCUT2D eigenvalue weighted by atomic mass is 10.2. The van der Waals surface area contributed by atoms with E-state index in [4.69, 9.17) is 4.74 Å². The van der Waals surface area contributed by atoms with E-state index in [2.05, 4.69) is 51.5 Å². The molecule has 0 bridgehead atoms. The second-order valence-corrected chi connectivity index (χ2v) is 7.02. The summed E-state index contributed by atoms with van der Waals surface area (Å²) >= 11 is 0. The molecule has 5 nitrogen and oxygen atoms in total. The van der Waals surface area contributed by atoms with E-state index >= 15 is 0 Å². The van der Waals surface area contributed by atoms with Crippen molar-refractivity contribution in [1.29, 1.82) is 0 Å². The molecule has 0 unspecified atom stereocenters. The summed E-state index contributed by atoms with van der Waals surface area (Å²) in [5, 5.41) is 3.00. The summed E-state index contributed by atoms with van der Waals surface area (Å²) in [5.41, 5.74) is 2.27. The van der Waals surface area contributed by atoms with Gasteiger partial charge >= 0.3 is 0 Å². The first-order chi connectivity index (χ1) is 13.7. The van der Waals surface area contributed by atoms with Gasteiger partial charge in [0.2, 0.25) is 5.91 Å². The number of hydrogen-bond donors (Lipinski definition) is 1. The first-order valence-corrected chi connectivity index (χ1v) is 9.79. The third-order valence-electron chi connectivity index (χ3n) is 4.93. The normalized spacial score (nSPS) is 15.6. The maximum absolute atomic E-state index is 12.2. The van der Waals surface area contributed by atoms with E-state index in [0.29, 0.717) is 13.1 Å². The van der Waals surface area contributed by atoms with Crippen molar-refractivity contribution in [2.24, 2.45) is 0 Å². The molecule has 5 heteroatoms. The number of carbonyl (C=O) groups excluding carboxylic acids is 1. The van der Waals surface area contributed by atoms with Crippen molar-refractivity contribution in [1.82, 2.24) is 15.1 Å². The van der Waals surface area contributed by atoms with Crippen LogP contribution in [0.1, 0.15) is 11.1 Å². The molecule has 2 aromatic rings. The molecule has 2 aromatic carbocycles. The molecule has 1 aliphatic heterocycles. The molecule has 0 aromatic heterocycles. The van der Waals surface area contributed by atoms with Crippen LogP contribution in [0.2, 0.25) is 0 Å². The molecule has 0 radical (unpaired) electrons. The number of piperazine rings is 1. The first kappa shape index (κ1) is 20.1. The summed E-state index contributed by atoms with van der Waals surface area (Å²) < 4.78 is 5.22. The van der Waals surface area contributed by atoms with Crippen LogP contribution in [0.5, 0.6) is 5.75 Å². The number of benzene rings is 2. The average Bonchev–Trinajstić information content (AvgIpc) is 2.74. The Hall–Kier alpha value is -2.63. The average molecular weight is 380 g/mol. The maximum atomic E-state index is 12.2. The van der Waals surface area contributed by atoms with Gasteiger partial charge in [-0.25, -0.2) is 0 Å². The van der Waals surface area contributed by atoms with E-state index in [1.165, 1.54) is 5.56 Å². The van der Waals surface area contributed by atoms with Crippen LogP contribution in [0.4, 0.5) is 0 Å². The minimum absolute atomic E-state index is 0.0697. The standard InChI is InChI=1S/C23H29N3O2/c1-28-22-11-5-9-21(17-22)18-24-23(27)19-26-15-13-25(14-16-26)12-6-10-20-7-3-2-4-8-20/h2-11,17H,12-16,18-19H2,1H3,(H,24,27)/b10-6+. The van der Waals surface area contributed by atoms with Gasteiger partial charge < -0.3 is 10.1 Å². The molecule has 1 saturated heterocycles. The zero-order valence-corrected chi connectivity index (χ0v) is 16.5. The molecular formula is C23H29N3O2. The first-order valence-electron chi connectivity index (χ1n) is 9.79. The molecule has 0 atom stereocenters. The van der Waals surface area contributed by atoms with E-state index in [1.807, 2.05) is 30.3 Å². The third-order valence-corrected chi connectivity index (χ3v) is 4.93. The molecule has 1 fully saturated rings. The molecule has 28 heavy (non-hydrogen) atoms. The lowest BCUT2D eigenvalue weighted by molar-refractivity contribution is -0.122. The fourth-order valence-electron chi connectivity index (χ4n) is 3.27. The molecular weight excluding hydrogens is 350 g/mol. The highest BCUT2D eigenvalue weighted by Gasteiger charge is 2.18. The van der Waals surface area contributed by atoms with Crippen molar-refractivity contribution in [3.8, 4) is 5.75 Å². The Kier molecular flexibility index (Phi) is 7.64. The van der Waals surface area contributed by atoms with Crippen molar-refractivity contribution in [2.75, 3.05) is 46.4 Å². The molecule has 3 rings (SSSR count). The Morgan fingerprint density at radius 1 is 1.04 bits per heavy atom. The summed E-state index contributed by atoms with van der Waals surface area (Å²) in [6.45, 7) is 5.75. The topological polar surface area (TPSA) is 44.8 Å². The van der Waals surface area contributed by atoms with Crippen LogP contribution in [0.15, 0.2) is 60.7 Å². The minimum atomic E-state index is 0.0697. The van der Waals surface area contributed by atoms with Crippen LogP contribution in [-0.4, -0.2) is 62.1 Å². The van der Waals surface area contributed by atoms with Crippen molar-refractivity contribution in [3.63, 3.8) is 0 Å². The second kappa shape index (κ2) is 10.6. The Labute approximate surface area is 167 Å². The van der Waals surface area contributed by atoms with E-state index < -0.39 is 0 Å². The van der Waals surface area contributed by atoms with Gasteiger partial charge in [-0.2, -0.15) is 0 Å². The Balaban J connectivity index is 1.34. The summed E-state index contributed by atoms with van der Waals surface area (Å²) in [7, 11) is 1.65. The SMILES string of the molecule is COc1cccc(CNC(=O)CN2CCN(C/C=C/c3ccccc3)CC2)c1. The van der Waals surface area contributed by atoms with Gasteiger partial charge in [-0.3, -0.25) is 14.6 Å². The highest BCUT2D eigenvalue weighted by molar-refractivity contribution is 5.78. The molecule has 1 aliphatic rings. The summed E-state index contributed by atoms with van der Waals surface area (Å²) in [6, 6.07) is 18.1. The molecule has 0 aliphatic carbocycles. The second-order valence-electron chi connectivity index (χ2n) is 7.02. The zero-order chi connectivity index (χ0) is 19.6. The van der Waals surface area contributed by atoms with Crippen LogP contribution in [0.3, 0.4) is 0 Å². The number of carbonyl (C=O) groups is 1. The van der Waals surface area contributed by atoms with Gasteiger partial charge in [0.05, 0.1) is 13.7 Å². The molecule has 0 spiro atoms. The number of nitrogens with one attached hydrogen (secondary N) is 1. The van der Waals surface area contributed by atoms with Crippen LogP contribution in [0, 0.1) is 0 Å². The molecule has 0 saturated carbocycles. The number of nitrogens with zero attached hydrogens (tertiary/aromatic N) is 2. The van der Waals surface area contributed by atoms with E-state index in [1.54, 1.807) is 7.11 Å². The molecule has 1 amide bonds. The Morgan fingerprint density at radius 3 is 2.54 bits per heavy atom. The Morgan fingerprint density at radius 2 is 1.79 bits per heavy atom. The largest absolute Gasteiger partial charge is 0.497 e. The van der Waals surface area contributed by atoms with E-state index in [0.717, 1.165) is 44.0 Å². The van der Waals surface area contributed by atoms with Gasteiger partial charge in [-0.15, -0.1) is 0 Å². The number of amides is 1. The fraction of sp³-hybridized carbons (Fsp3) is 0.348. The third kappa shape index (κ3) is 6.51. The lowest BCUT2D eigenvalue weighted by Gasteiger charge is -2.33. The summed E-state index contributed by atoms with van der Waals surface area (Å²) in [6.07, 6.45) is 4.38. The predicted octanol–water partition coefficient (Wildman–Crippen LogP) is 2.64. The Bertz CT molecular complexity index is 768. The molecule has 1 heterocycles. The number of rotatable bonds is 8. The van der Waals surface area contributed by atoms with Gasteiger partial charge in [-0.05, 0) is 23.3 Å². The van der Waals surface area contributed by atoms with Gasteiger partial charge in [0.15, 0.2) is 0 Å². The lowest BCUT2D eigenvalue weighted by Crippen LogP contribution is -2.49. The fourth-order valence-corrected chi connectivity index (χ4v) is 3.27. The molecule has 1 N–H and O–H groups in total. The smallest absolute Gasteiger partial charge is 0.234 e. The zero-order valence-electron chi connectivity index (χ0n) is 16.5. The van der Waals surface area contributed by atoms with Gasteiger partial charge in [0.25, 0.3) is 0 Å². The minimum Gasteiger partial charge on any atom is -0.497 e. The predicted molar refractivity (Wildman–Crippen MR) is 113 cm³/mol. The number of hydrogen-bond acceptors (Lipinski definition) is 4. The van der Waals surface area contributed by atoms with E-state index in [9.17, 15) is 4.79 Å². The van der Waals surface area contributed by atoms with E-state index in [-0.39, 0.29) is 5.91 Å². The van der Waals surface area contributed by atoms with Crippen LogP contribution >= 0.6 is 0 Å². The molecule has 148 valence electrons. The summed E-state index contributed by atoms with van der Waals surface area (Å²) in [4.78, 5) is 16.9.